The molecule has 4 nitrogen and oxygen atoms in total. The molecule has 0 fully saturated rings. The summed E-state index contributed by atoms with van der Waals surface area (Å²) in [5, 5.41) is 2.37. The van der Waals surface area contributed by atoms with Crippen LogP contribution in [0.2, 0.25) is 0 Å². The van der Waals surface area contributed by atoms with E-state index in [2.05, 4.69) is 4.98 Å². The summed E-state index contributed by atoms with van der Waals surface area (Å²) in [5.74, 6) is 0.615. The topological polar surface area (TPSA) is 44.1 Å². The number of halogens is 3. The van der Waals surface area contributed by atoms with Crippen LogP contribution in [0.3, 0.4) is 0 Å². The number of thioether (sulfide) groups is 1. The first kappa shape index (κ1) is 17.8. The summed E-state index contributed by atoms with van der Waals surface area (Å²) in [6.07, 6.45) is -4.37. The number of thiophene rings is 1. The van der Waals surface area contributed by atoms with Crippen LogP contribution in [0.15, 0.2) is 45.7 Å². The second-order valence-corrected chi connectivity index (χ2v) is 7.09. The van der Waals surface area contributed by atoms with Gasteiger partial charge in [0, 0.05) is 12.8 Å². The monoisotopic (exact) mass is 386 g/mol. The van der Waals surface area contributed by atoms with Crippen molar-refractivity contribution in [3.63, 3.8) is 0 Å². The van der Waals surface area contributed by atoms with Gasteiger partial charge in [0.2, 0.25) is 0 Å². The normalized spacial score (nSPS) is 11.8. The molecule has 0 N–H and O–H groups in total. The molecule has 0 atom stereocenters. The molecule has 2 aromatic heterocycles. The van der Waals surface area contributed by atoms with Gasteiger partial charge in [-0.05, 0) is 29.1 Å². The van der Waals surface area contributed by atoms with Crippen LogP contribution in [0, 0.1) is 0 Å². The molecule has 2 heterocycles. The number of aromatic nitrogens is 2. The first-order valence-corrected chi connectivity index (χ1v) is 9.05. The molecule has 0 aliphatic rings. The van der Waals surface area contributed by atoms with Crippen LogP contribution in [0.1, 0.15) is 5.56 Å². The Balaban J connectivity index is 1.74. The highest BCUT2D eigenvalue weighted by Crippen LogP contribution is 2.25. The summed E-state index contributed by atoms with van der Waals surface area (Å²) >= 11 is 2.69. The summed E-state index contributed by atoms with van der Waals surface area (Å²) in [6.45, 7) is -1.32. The number of hydrogen-bond acceptors (Lipinski definition) is 5. The SMILES string of the molecule is Cn1c(SCc2cccc(OCC(F)(F)F)c2)nc2ccsc2c1=O. The molecule has 132 valence electrons. The average molecular weight is 386 g/mol. The summed E-state index contributed by atoms with van der Waals surface area (Å²) in [6, 6.07) is 8.24. The minimum absolute atomic E-state index is 0.107. The Hall–Kier alpha value is -2.00. The van der Waals surface area contributed by atoms with E-state index in [1.54, 1.807) is 31.3 Å². The summed E-state index contributed by atoms with van der Waals surface area (Å²) < 4.78 is 43.5. The van der Waals surface area contributed by atoms with E-state index in [0.717, 1.165) is 5.56 Å². The average Bonchev–Trinajstić information content (AvgIpc) is 3.03. The van der Waals surface area contributed by atoms with Crippen LogP contribution in [-0.2, 0) is 12.8 Å². The fourth-order valence-corrected chi connectivity index (χ4v) is 3.85. The van der Waals surface area contributed by atoms with Crippen LogP contribution < -0.4 is 10.3 Å². The van der Waals surface area contributed by atoms with E-state index >= 15 is 0 Å². The summed E-state index contributed by atoms with van der Waals surface area (Å²) in [7, 11) is 1.65. The van der Waals surface area contributed by atoms with Crippen molar-refractivity contribution in [1.29, 1.82) is 0 Å². The third-order valence-electron chi connectivity index (χ3n) is 3.32. The van der Waals surface area contributed by atoms with Crippen molar-refractivity contribution in [2.75, 3.05) is 6.61 Å². The van der Waals surface area contributed by atoms with Crippen molar-refractivity contribution >= 4 is 33.3 Å². The molecular weight excluding hydrogens is 373 g/mol. The molecule has 0 unspecified atom stereocenters. The van der Waals surface area contributed by atoms with E-state index in [-0.39, 0.29) is 11.3 Å². The molecule has 0 spiro atoms. The van der Waals surface area contributed by atoms with Crippen LogP contribution in [0.5, 0.6) is 5.75 Å². The number of fused-ring (bicyclic) bond motifs is 1. The van der Waals surface area contributed by atoms with Gasteiger partial charge in [0.15, 0.2) is 11.8 Å². The zero-order valence-corrected chi connectivity index (χ0v) is 14.7. The zero-order valence-electron chi connectivity index (χ0n) is 13.0. The third-order valence-corrected chi connectivity index (χ3v) is 5.31. The molecule has 0 saturated heterocycles. The highest BCUT2D eigenvalue weighted by atomic mass is 32.2. The second-order valence-electron chi connectivity index (χ2n) is 5.23. The third kappa shape index (κ3) is 4.35. The second kappa shape index (κ2) is 7.09. The van der Waals surface area contributed by atoms with Gasteiger partial charge >= 0.3 is 6.18 Å². The lowest BCUT2D eigenvalue weighted by atomic mass is 10.2. The molecular formula is C16H13F3N2O2S2. The van der Waals surface area contributed by atoms with Gasteiger partial charge in [0.1, 0.15) is 10.4 Å². The van der Waals surface area contributed by atoms with Crippen LogP contribution in [-0.4, -0.2) is 22.3 Å². The van der Waals surface area contributed by atoms with Crippen molar-refractivity contribution < 1.29 is 17.9 Å². The van der Waals surface area contributed by atoms with Gasteiger partial charge < -0.3 is 4.74 Å². The smallest absolute Gasteiger partial charge is 0.422 e. The van der Waals surface area contributed by atoms with Gasteiger partial charge in [-0.1, -0.05) is 23.9 Å². The number of alkyl halides is 3. The maximum absolute atomic E-state index is 12.2. The van der Waals surface area contributed by atoms with Gasteiger partial charge in [-0.25, -0.2) is 4.98 Å². The van der Waals surface area contributed by atoms with Gasteiger partial charge in [-0.2, -0.15) is 13.2 Å². The number of ether oxygens (including phenoxy) is 1. The van der Waals surface area contributed by atoms with E-state index in [0.29, 0.717) is 21.1 Å². The molecule has 0 amide bonds. The Morgan fingerprint density at radius 2 is 2.12 bits per heavy atom. The Bertz CT molecular complexity index is 950. The zero-order chi connectivity index (χ0) is 18.0. The van der Waals surface area contributed by atoms with Gasteiger partial charge in [0.25, 0.3) is 5.56 Å². The van der Waals surface area contributed by atoms with Crippen LogP contribution in [0.4, 0.5) is 13.2 Å². The van der Waals surface area contributed by atoms with E-state index in [1.807, 2.05) is 5.38 Å². The summed E-state index contributed by atoms with van der Waals surface area (Å²) in [5.41, 5.74) is 1.33. The molecule has 0 radical (unpaired) electrons. The van der Waals surface area contributed by atoms with Crippen molar-refractivity contribution in [2.45, 2.75) is 17.1 Å². The molecule has 3 aromatic rings. The molecule has 3 rings (SSSR count). The van der Waals surface area contributed by atoms with Crippen molar-refractivity contribution in [3.05, 3.63) is 51.6 Å². The van der Waals surface area contributed by atoms with Crippen LogP contribution in [0.25, 0.3) is 10.2 Å². The highest BCUT2D eigenvalue weighted by molar-refractivity contribution is 7.98. The van der Waals surface area contributed by atoms with Crippen LogP contribution >= 0.6 is 23.1 Å². The quantitative estimate of drug-likeness (QED) is 0.486. The molecule has 9 heteroatoms. The lowest BCUT2D eigenvalue weighted by Gasteiger charge is -2.10. The number of nitrogens with zero attached hydrogens (tertiary/aromatic N) is 2. The molecule has 0 saturated carbocycles. The molecule has 0 aliphatic carbocycles. The lowest BCUT2D eigenvalue weighted by Crippen LogP contribution is -2.19. The summed E-state index contributed by atoms with van der Waals surface area (Å²) in [4.78, 5) is 16.7. The van der Waals surface area contributed by atoms with Crippen molar-refractivity contribution in [1.82, 2.24) is 9.55 Å². The largest absolute Gasteiger partial charge is 0.484 e. The van der Waals surface area contributed by atoms with E-state index < -0.39 is 12.8 Å². The molecule has 1 aromatic carbocycles. The van der Waals surface area contributed by atoms with Gasteiger partial charge in [0.05, 0.1) is 5.52 Å². The van der Waals surface area contributed by atoms with Crippen molar-refractivity contribution in [3.8, 4) is 5.75 Å². The van der Waals surface area contributed by atoms with Gasteiger partial charge in [-0.3, -0.25) is 9.36 Å². The fraction of sp³-hybridized carbons (Fsp3) is 0.250. The van der Waals surface area contributed by atoms with E-state index in [4.69, 9.17) is 4.74 Å². The Morgan fingerprint density at radius 1 is 1.32 bits per heavy atom. The fourth-order valence-electron chi connectivity index (χ4n) is 2.14. The first-order valence-electron chi connectivity index (χ1n) is 7.19. The number of rotatable bonds is 5. The van der Waals surface area contributed by atoms with Crippen molar-refractivity contribution in [2.24, 2.45) is 7.05 Å². The van der Waals surface area contributed by atoms with E-state index in [1.165, 1.54) is 33.7 Å². The maximum Gasteiger partial charge on any atom is 0.422 e. The van der Waals surface area contributed by atoms with Gasteiger partial charge in [-0.15, -0.1) is 11.3 Å². The molecule has 0 aliphatic heterocycles. The molecule has 25 heavy (non-hydrogen) atoms. The number of benzene rings is 1. The highest BCUT2D eigenvalue weighted by Gasteiger charge is 2.28. The standard InChI is InChI=1S/C16H13F3N2O2S2/c1-21-14(22)13-12(5-6-24-13)20-15(21)25-8-10-3-2-4-11(7-10)23-9-16(17,18)19/h2-7H,8-9H2,1H3. The molecule has 0 bridgehead atoms. The minimum Gasteiger partial charge on any atom is -0.484 e. The predicted octanol–water partition coefficient (Wildman–Crippen LogP) is 4.23. The Morgan fingerprint density at radius 3 is 2.88 bits per heavy atom. The Labute approximate surface area is 149 Å². The number of hydrogen-bond donors (Lipinski definition) is 0. The lowest BCUT2D eigenvalue weighted by molar-refractivity contribution is -0.153. The van der Waals surface area contributed by atoms with E-state index in [9.17, 15) is 18.0 Å². The predicted molar refractivity (Wildman–Crippen MR) is 92.4 cm³/mol. The Kier molecular flexibility index (Phi) is 5.05. The maximum atomic E-state index is 12.2. The first-order chi connectivity index (χ1) is 11.8. The minimum atomic E-state index is -4.37.